The van der Waals surface area contributed by atoms with E-state index in [9.17, 15) is 4.79 Å². The van der Waals surface area contributed by atoms with E-state index in [1.165, 1.54) is 11.9 Å². The van der Waals surface area contributed by atoms with Crippen molar-refractivity contribution in [3.05, 3.63) is 66.0 Å². The van der Waals surface area contributed by atoms with Gasteiger partial charge in [0.05, 0.1) is 12.5 Å². The fraction of sp³-hybridized carbons (Fsp3) is 0.300. The molecule has 27 heavy (non-hydrogen) atoms. The van der Waals surface area contributed by atoms with E-state index in [4.69, 9.17) is 0 Å². The molecule has 0 aromatic carbocycles. The zero-order valence-corrected chi connectivity index (χ0v) is 15.2. The normalized spacial score (nSPS) is 14.9. The van der Waals surface area contributed by atoms with Gasteiger partial charge in [0.1, 0.15) is 17.3 Å². The lowest BCUT2D eigenvalue weighted by atomic mass is 9.90. The highest BCUT2D eigenvalue weighted by Gasteiger charge is 2.25. The van der Waals surface area contributed by atoms with Crippen molar-refractivity contribution in [3.8, 4) is 0 Å². The van der Waals surface area contributed by atoms with Gasteiger partial charge in [0.25, 0.3) is 5.91 Å². The number of piperidine rings is 1. The van der Waals surface area contributed by atoms with Crippen molar-refractivity contribution in [2.24, 2.45) is 0 Å². The quantitative estimate of drug-likeness (QED) is 0.744. The summed E-state index contributed by atoms with van der Waals surface area (Å²) in [5, 5.41) is 3.27. The molecule has 7 nitrogen and oxygen atoms in total. The Hall–Kier alpha value is -3.22. The Bertz CT molecular complexity index is 916. The summed E-state index contributed by atoms with van der Waals surface area (Å²) in [6, 6.07) is 10.0. The number of amides is 1. The highest BCUT2D eigenvalue weighted by molar-refractivity contribution is 5.92. The summed E-state index contributed by atoms with van der Waals surface area (Å²) in [6.45, 7) is 3.45. The molecule has 3 aromatic rings. The molecule has 0 spiro atoms. The molecule has 0 saturated carbocycles. The standard InChI is InChI=1S/C20H22N6O/c1-14-3-2-4-18(24-14)25-19-11-16(5-8-22-19)15-6-9-26(10-7-15)20(27)17-12-21-13-23-17/h2-5,8,11-13,15H,6-7,9-10H2,1H3,(H,21,23)(H,22,24,25). The zero-order valence-electron chi connectivity index (χ0n) is 15.2. The minimum atomic E-state index is 0.0218. The molecule has 1 aliphatic heterocycles. The number of anilines is 2. The lowest BCUT2D eigenvalue weighted by molar-refractivity contribution is 0.0707. The first kappa shape index (κ1) is 17.2. The fourth-order valence-electron chi connectivity index (χ4n) is 3.47. The number of nitrogens with one attached hydrogen (secondary N) is 2. The Morgan fingerprint density at radius 2 is 2.07 bits per heavy atom. The first-order chi connectivity index (χ1) is 13.2. The summed E-state index contributed by atoms with van der Waals surface area (Å²) < 4.78 is 0. The summed E-state index contributed by atoms with van der Waals surface area (Å²) in [5.74, 6) is 2.03. The Labute approximate surface area is 157 Å². The van der Waals surface area contributed by atoms with E-state index in [1.807, 2.05) is 36.2 Å². The number of carbonyl (C=O) groups is 1. The number of likely N-dealkylation sites (tertiary alicyclic amines) is 1. The lowest BCUT2D eigenvalue weighted by Crippen LogP contribution is -2.38. The monoisotopic (exact) mass is 362 g/mol. The van der Waals surface area contributed by atoms with Gasteiger partial charge in [-0.2, -0.15) is 0 Å². The van der Waals surface area contributed by atoms with E-state index < -0.39 is 0 Å². The van der Waals surface area contributed by atoms with Crippen LogP contribution in [0.1, 0.15) is 40.5 Å². The van der Waals surface area contributed by atoms with E-state index in [0.29, 0.717) is 11.6 Å². The Kier molecular flexibility index (Phi) is 4.82. The molecule has 7 heteroatoms. The molecule has 2 N–H and O–H groups in total. The third-order valence-corrected chi connectivity index (χ3v) is 4.91. The molecular formula is C20H22N6O. The third kappa shape index (κ3) is 3.97. The predicted octanol–water partition coefficient (Wildman–Crippen LogP) is 3.27. The molecule has 1 saturated heterocycles. The molecule has 1 fully saturated rings. The first-order valence-electron chi connectivity index (χ1n) is 9.13. The predicted molar refractivity (Wildman–Crippen MR) is 103 cm³/mol. The van der Waals surface area contributed by atoms with Crippen LogP contribution in [0.3, 0.4) is 0 Å². The van der Waals surface area contributed by atoms with E-state index in [1.54, 1.807) is 6.20 Å². The molecule has 0 radical (unpaired) electrons. The number of H-pyrrole nitrogens is 1. The van der Waals surface area contributed by atoms with Crippen LogP contribution in [0.5, 0.6) is 0 Å². The summed E-state index contributed by atoms with van der Waals surface area (Å²) in [6.07, 6.45) is 6.82. The van der Waals surface area contributed by atoms with Crippen molar-refractivity contribution < 1.29 is 4.79 Å². The largest absolute Gasteiger partial charge is 0.341 e. The number of imidazole rings is 1. The van der Waals surface area contributed by atoms with Gasteiger partial charge in [0.15, 0.2) is 0 Å². The average Bonchev–Trinajstić information content (AvgIpc) is 3.23. The second-order valence-corrected chi connectivity index (χ2v) is 6.80. The maximum absolute atomic E-state index is 12.4. The number of hydrogen-bond acceptors (Lipinski definition) is 5. The second kappa shape index (κ2) is 7.57. The van der Waals surface area contributed by atoms with Gasteiger partial charge in [-0.3, -0.25) is 4.79 Å². The molecule has 138 valence electrons. The maximum Gasteiger partial charge on any atom is 0.271 e. The Balaban J connectivity index is 1.40. The number of carbonyl (C=O) groups excluding carboxylic acids is 1. The Morgan fingerprint density at radius 1 is 1.22 bits per heavy atom. The highest BCUT2D eigenvalue weighted by Crippen LogP contribution is 2.29. The number of hydrogen-bond donors (Lipinski definition) is 2. The van der Waals surface area contributed by atoms with Crippen molar-refractivity contribution >= 4 is 17.5 Å². The molecular weight excluding hydrogens is 340 g/mol. The number of pyridine rings is 2. The minimum Gasteiger partial charge on any atom is -0.341 e. The van der Waals surface area contributed by atoms with Gasteiger partial charge in [0.2, 0.25) is 0 Å². The van der Waals surface area contributed by atoms with Gasteiger partial charge in [-0.25, -0.2) is 15.0 Å². The molecule has 1 amide bonds. The molecule has 0 unspecified atom stereocenters. The van der Waals surface area contributed by atoms with Gasteiger partial charge in [-0.05, 0) is 55.5 Å². The van der Waals surface area contributed by atoms with E-state index in [2.05, 4.69) is 37.4 Å². The van der Waals surface area contributed by atoms with Gasteiger partial charge in [0, 0.05) is 25.0 Å². The zero-order chi connectivity index (χ0) is 18.6. The van der Waals surface area contributed by atoms with E-state index in [0.717, 1.165) is 43.3 Å². The van der Waals surface area contributed by atoms with Crippen LogP contribution in [-0.2, 0) is 0 Å². The number of aryl methyl sites for hydroxylation is 1. The molecule has 1 aliphatic rings. The Morgan fingerprint density at radius 3 is 2.81 bits per heavy atom. The van der Waals surface area contributed by atoms with E-state index >= 15 is 0 Å². The van der Waals surface area contributed by atoms with Crippen LogP contribution in [-0.4, -0.2) is 43.8 Å². The summed E-state index contributed by atoms with van der Waals surface area (Å²) in [7, 11) is 0. The van der Waals surface area contributed by atoms with Crippen LogP contribution in [0, 0.1) is 6.92 Å². The van der Waals surface area contributed by atoms with Crippen LogP contribution in [0.25, 0.3) is 0 Å². The van der Waals surface area contributed by atoms with E-state index in [-0.39, 0.29) is 5.91 Å². The smallest absolute Gasteiger partial charge is 0.271 e. The van der Waals surface area contributed by atoms with Crippen molar-refractivity contribution in [1.82, 2.24) is 24.8 Å². The first-order valence-corrected chi connectivity index (χ1v) is 9.13. The molecule has 3 aromatic heterocycles. The van der Waals surface area contributed by atoms with Crippen LogP contribution >= 0.6 is 0 Å². The minimum absolute atomic E-state index is 0.0218. The highest BCUT2D eigenvalue weighted by atomic mass is 16.2. The summed E-state index contributed by atoms with van der Waals surface area (Å²) in [5.41, 5.74) is 2.76. The number of aromatic amines is 1. The topological polar surface area (TPSA) is 86.8 Å². The van der Waals surface area contributed by atoms with Crippen LogP contribution in [0.4, 0.5) is 11.6 Å². The van der Waals surface area contributed by atoms with Crippen molar-refractivity contribution in [2.45, 2.75) is 25.7 Å². The molecule has 0 aliphatic carbocycles. The number of aromatic nitrogens is 4. The molecule has 0 bridgehead atoms. The van der Waals surface area contributed by atoms with Gasteiger partial charge in [-0.1, -0.05) is 6.07 Å². The van der Waals surface area contributed by atoms with Crippen molar-refractivity contribution in [3.63, 3.8) is 0 Å². The SMILES string of the molecule is Cc1cccc(Nc2cc(C3CCN(C(=O)c4cnc[nH]4)CC3)ccn2)n1. The summed E-state index contributed by atoms with van der Waals surface area (Å²) in [4.78, 5) is 30.0. The number of nitrogens with zero attached hydrogens (tertiary/aromatic N) is 4. The summed E-state index contributed by atoms with van der Waals surface area (Å²) >= 11 is 0. The van der Waals surface area contributed by atoms with Gasteiger partial charge in [-0.15, -0.1) is 0 Å². The third-order valence-electron chi connectivity index (χ3n) is 4.91. The van der Waals surface area contributed by atoms with Gasteiger partial charge >= 0.3 is 0 Å². The van der Waals surface area contributed by atoms with Gasteiger partial charge < -0.3 is 15.2 Å². The second-order valence-electron chi connectivity index (χ2n) is 6.80. The van der Waals surface area contributed by atoms with Crippen LogP contribution < -0.4 is 5.32 Å². The van der Waals surface area contributed by atoms with Crippen LogP contribution in [0.2, 0.25) is 0 Å². The maximum atomic E-state index is 12.4. The molecule has 4 heterocycles. The fourth-order valence-corrected chi connectivity index (χ4v) is 3.47. The van der Waals surface area contributed by atoms with Crippen molar-refractivity contribution in [1.29, 1.82) is 0 Å². The number of rotatable bonds is 4. The van der Waals surface area contributed by atoms with Crippen molar-refractivity contribution in [2.75, 3.05) is 18.4 Å². The lowest BCUT2D eigenvalue weighted by Gasteiger charge is -2.32. The average molecular weight is 362 g/mol. The molecule has 0 atom stereocenters. The van der Waals surface area contributed by atoms with Crippen LogP contribution in [0.15, 0.2) is 49.1 Å². The molecule has 4 rings (SSSR count).